The Morgan fingerprint density at radius 2 is 1.81 bits per heavy atom. The minimum atomic E-state index is -0.138. The van der Waals surface area contributed by atoms with Crippen molar-refractivity contribution in [1.82, 2.24) is 0 Å². The third kappa shape index (κ3) is 2.39. The summed E-state index contributed by atoms with van der Waals surface area (Å²) in [6, 6.07) is 8.47. The van der Waals surface area contributed by atoms with Gasteiger partial charge in [-0.25, -0.2) is 0 Å². The maximum atomic E-state index is 12.0. The number of hydrogen-bond acceptors (Lipinski definition) is 2. The lowest BCUT2D eigenvalue weighted by Gasteiger charge is -2.44. The van der Waals surface area contributed by atoms with E-state index in [0.717, 1.165) is 25.0 Å². The Kier molecular flexibility index (Phi) is 3.59. The van der Waals surface area contributed by atoms with Crippen LogP contribution in [-0.2, 0) is 10.2 Å². The summed E-state index contributed by atoms with van der Waals surface area (Å²) in [5.74, 6) is 1.34. The molecular formula is C19H26O2. The summed E-state index contributed by atoms with van der Waals surface area (Å²) in [5, 5.41) is 0. The molecule has 0 radical (unpaired) electrons. The second-order valence-electron chi connectivity index (χ2n) is 7.36. The summed E-state index contributed by atoms with van der Waals surface area (Å²) in [5.41, 5.74) is 1.41. The van der Waals surface area contributed by atoms with E-state index in [1.807, 2.05) is 0 Å². The zero-order valence-electron chi connectivity index (χ0n) is 13.4. The fourth-order valence-electron chi connectivity index (χ4n) is 3.73. The molecule has 0 heterocycles. The molecule has 21 heavy (non-hydrogen) atoms. The van der Waals surface area contributed by atoms with Crippen LogP contribution in [0.3, 0.4) is 0 Å². The van der Waals surface area contributed by atoms with Gasteiger partial charge in [0.05, 0.1) is 5.41 Å². The predicted molar refractivity (Wildman–Crippen MR) is 84.7 cm³/mol. The molecule has 114 valence electrons. The molecule has 0 saturated heterocycles. The Morgan fingerprint density at radius 1 is 1.19 bits per heavy atom. The minimum absolute atomic E-state index is 0.109. The Hall–Kier alpha value is -1.31. The molecule has 1 aromatic rings. The molecule has 2 heteroatoms. The first-order chi connectivity index (χ1) is 9.98. The molecule has 3 rings (SSSR count). The number of ketones is 1. The monoisotopic (exact) mass is 286 g/mol. The Morgan fingerprint density at radius 3 is 2.33 bits per heavy atom. The highest BCUT2D eigenvalue weighted by molar-refractivity contribution is 5.92. The predicted octanol–water partition coefficient (Wildman–Crippen LogP) is 4.65. The van der Waals surface area contributed by atoms with Gasteiger partial charge in [-0.3, -0.25) is 4.79 Å². The van der Waals surface area contributed by atoms with E-state index in [1.165, 1.54) is 18.4 Å². The molecule has 1 aromatic carbocycles. The summed E-state index contributed by atoms with van der Waals surface area (Å²) >= 11 is 0. The van der Waals surface area contributed by atoms with Gasteiger partial charge in [0.2, 0.25) is 0 Å². The zero-order valence-corrected chi connectivity index (χ0v) is 13.4. The average molecular weight is 286 g/mol. The number of rotatable bonds is 4. The number of hydrogen-bond donors (Lipinski definition) is 0. The standard InChI is InChI=1S/C19H26O2/c1-4-18(2,3)14-7-9-15(10-8-14)21-17-13-16(20)19(17)11-5-6-12-19/h7-10,17H,4-6,11-13H2,1-3H3. The fraction of sp³-hybridized carbons (Fsp3) is 0.632. The molecule has 0 bridgehead atoms. The topological polar surface area (TPSA) is 26.3 Å². The van der Waals surface area contributed by atoms with E-state index in [1.54, 1.807) is 0 Å². The molecule has 1 atom stereocenters. The van der Waals surface area contributed by atoms with Crippen molar-refractivity contribution in [3.05, 3.63) is 29.8 Å². The van der Waals surface area contributed by atoms with Crippen molar-refractivity contribution in [2.45, 2.75) is 70.8 Å². The van der Waals surface area contributed by atoms with Crippen LogP contribution in [0.1, 0.15) is 64.9 Å². The van der Waals surface area contributed by atoms with Crippen molar-refractivity contribution in [1.29, 1.82) is 0 Å². The van der Waals surface area contributed by atoms with Crippen LogP contribution in [0, 0.1) is 5.41 Å². The van der Waals surface area contributed by atoms with Gasteiger partial charge in [0.25, 0.3) is 0 Å². The van der Waals surface area contributed by atoms with E-state index in [9.17, 15) is 4.79 Å². The van der Waals surface area contributed by atoms with Crippen LogP contribution in [0.5, 0.6) is 5.75 Å². The van der Waals surface area contributed by atoms with Crippen molar-refractivity contribution in [2.75, 3.05) is 0 Å². The van der Waals surface area contributed by atoms with Gasteiger partial charge in [-0.05, 0) is 42.4 Å². The van der Waals surface area contributed by atoms with E-state index in [-0.39, 0.29) is 16.9 Å². The van der Waals surface area contributed by atoms with Gasteiger partial charge in [-0.1, -0.05) is 45.7 Å². The third-order valence-corrected chi connectivity index (χ3v) is 5.84. The molecule has 0 amide bonds. The second-order valence-corrected chi connectivity index (χ2v) is 7.36. The molecular weight excluding hydrogens is 260 g/mol. The summed E-state index contributed by atoms with van der Waals surface area (Å²) < 4.78 is 6.14. The molecule has 0 N–H and O–H groups in total. The van der Waals surface area contributed by atoms with E-state index in [2.05, 4.69) is 45.0 Å². The second kappa shape index (κ2) is 5.15. The quantitative estimate of drug-likeness (QED) is 0.805. The number of benzene rings is 1. The molecule has 0 aliphatic heterocycles. The Balaban J connectivity index is 1.70. The minimum Gasteiger partial charge on any atom is -0.489 e. The van der Waals surface area contributed by atoms with E-state index in [4.69, 9.17) is 4.74 Å². The highest BCUT2D eigenvalue weighted by Crippen LogP contribution is 2.52. The third-order valence-electron chi connectivity index (χ3n) is 5.84. The average Bonchev–Trinajstić information content (AvgIpc) is 3.00. The van der Waals surface area contributed by atoms with Crippen molar-refractivity contribution >= 4 is 5.78 Å². The van der Waals surface area contributed by atoms with E-state index >= 15 is 0 Å². The van der Waals surface area contributed by atoms with Gasteiger partial charge in [0.1, 0.15) is 17.6 Å². The maximum absolute atomic E-state index is 12.0. The molecule has 0 aromatic heterocycles. The fourth-order valence-corrected chi connectivity index (χ4v) is 3.73. The Bertz CT molecular complexity index is 521. The summed E-state index contributed by atoms with van der Waals surface area (Å²) in [7, 11) is 0. The highest BCUT2D eigenvalue weighted by Gasteiger charge is 2.57. The van der Waals surface area contributed by atoms with Crippen molar-refractivity contribution < 1.29 is 9.53 Å². The van der Waals surface area contributed by atoms with Gasteiger partial charge in [-0.15, -0.1) is 0 Å². The lowest BCUT2D eigenvalue weighted by molar-refractivity contribution is -0.151. The van der Waals surface area contributed by atoms with Gasteiger partial charge in [-0.2, -0.15) is 0 Å². The number of carbonyl (C=O) groups is 1. The SMILES string of the molecule is CCC(C)(C)c1ccc(OC2CC(=O)C23CCCC3)cc1. The van der Waals surface area contributed by atoms with Crippen LogP contribution >= 0.6 is 0 Å². The Labute approximate surface area is 127 Å². The lowest BCUT2D eigenvalue weighted by Crippen LogP contribution is -2.55. The lowest BCUT2D eigenvalue weighted by atomic mass is 9.63. The number of carbonyl (C=O) groups excluding carboxylic acids is 1. The van der Waals surface area contributed by atoms with E-state index in [0.29, 0.717) is 12.2 Å². The van der Waals surface area contributed by atoms with Crippen LogP contribution in [0.2, 0.25) is 0 Å². The summed E-state index contributed by atoms with van der Waals surface area (Å²) in [4.78, 5) is 12.0. The number of Topliss-reactive ketones (excluding diaryl/α,β-unsaturated/α-hetero) is 1. The van der Waals surface area contributed by atoms with Crippen LogP contribution < -0.4 is 4.74 Å². The molecule has 2 aliphatic rings. The van der Waals surface area contributed by atoms with Crippen LogP contribution in [-0.4, -0.2) is 11.9 Å². The molecule has 2 nitrogen and oxygen atoms in total. The van der Waals surface area contributed by atoms with Crippen LogP contribution in [0.4, 0.5) is 0 Å². The van der Waals surface area contributed by atoms with Gasteiger partial charge in [0, 0.05) is 6.42 Å². The van der Waals surface area contributed by atoms with Crippen LogP contribution in [0.25, 0.3) is 0 Å². The molecule has 1 unspecified atom stereocenters. The molecule has 1 spiro atoms. The summed E-state index contributed by atoms with van der Waals surface area (Å²) in [6.07, 6.45) is 6.23. The zero-order chi connectivity index (χ0) is 15.1. The summed E-state index contributed by atoms with van der Waals surface area (Å²) in [6.45, 7) is 6.75. The smallest absolute Gasteiger partial charge is 0.146 e. The van der Waals surface area contributed by atoms with Crippen LogP contribution in [0.15, 0.2) is 24.3 Å². The normalized spacial score (nSPS) is 24.1. The van der Waals surface area contributed by atoms with Gasteiger partial charge >= 0.3 is 0 Å². The van der Waals surface area contributed by atoms with Crippen molar-refractivity contribution in [2.24, 2.45) is 5.41 Å². The first kappa shape index (κ1) is 14.6. The van der Waals surface area contributed by atoms with Gasteiger partial charge < -0.3 is 4.74 Å². The number of ether oxygens (including phenoxy) is 1. The largest absolute Gasteiger partial charge is 0.489 e. The first-order valence-corrected chi connectivity index (χ1v) is 8.28. The molecule has 2 aliphatic carbocycles. The van der Waals surface area contributed by atoms with Crippen molar-refractivity contribution in [3.63, 3.8) is 0 Å². The van der Waals surface area contributed by atoms with Crippen molar-refractivity contribution in [3.8, 4) is 5.75 Å². The molecule has 2 saturated carbocycles. The highest BCUT2D eigenvalue weighted by atomic mass is 16.5. The van der Waals surface area contributed by atoms with E-state index < -0.39 is 0 Å². The molecule has 2 fully saturated rings. The van der Waals surface area contributed by atoms with Gasteiger partial charge in [0.15, 0.2) is 0 Å². The maximum Gasteiger partial charge on any atom is 0.146 e. The first-order valence-electron chi connectivity index (χ1n) is 8.28.